The second-order valence-corrected chi connectivity index (χ2v) is 4.33. The molecule has 2 rings (SSSR count). The number of phenols is 1. The average Bonchev–Trinajstić information content (AvgIpc) is 2.38. The van der Waals surface area contributed by atoms with Crippen molar-refractivity contribution < 1.29 is 5.11 Å². The molecule has 0 fully saturated rings. The van der Waals surface area contributed by atoms with Crippen LogP contribution in [0, 0.1) is 0 Å². The van der Waals surface area contributed by atoms with Crippen LogP contribution in [-0.2, 0) is 6.42 Å². The van der Waals surface area contributed by atoms with Crippen LogP contribution in [0.5, 0.6) is 5.75 Å². The first-order chi connectivity index (χ1) is 8.24. The Kier molecular flexibility index (Phi) is 3.48. The SMILES string of the molecule is CCc1ccccc1C(C)c1ccccc1O. The molecule has 17 heavy (non-hydrogen) atoms. The molecule has 0 saturated heterocycles. The fraction of sp³-hybridized carbons (Fsp3) is 0.250. The summed E-state index contributed by atoms with van der Waals surface area (Å²) in [5.41, 5.74) is 3.65. The van der Waals surface area contributed by atoms with Crippen LogP contribution in [0.4, 0.5) is 0 Å². The van der Waals surface area contributed by atoms with Crippen molar-refractivity contribution >= 4 is 0 Å². The maximum atomic E-state index is 9.91. The van der Waals surface area contributed by atoms with E-state index in [0.29, 0.717) is 5.75 Å². The number of hydrogen-bond acceptors (Lipinski definition) is 1. The molecule has 0 aromatic heterocycles. The van der Waals surface area contributed by atoms with E-state index >= 15 is 0 Å². The Hall–Kier alpha value is -1.76. The van der Waals surface area contributed by atoms with Crippen molar-refractivity contribution in [2.45, 2.75) is 26.2 Å². The van der Waals surface area contributed by atoms with Crippen LogP contribution in [0.25, 0.3) is 0 Å². The van der Waals surface area contributed by atoms with Crippen LogP contribution < -0.4 is 0 Å². The minimum absolute atomic E-state index is 0.229. The molecule has 0 aliphatic carbocycles. The number of rotatable bonds is 3. The zero-order valence-corrected chi connectivity index (χ0v) is 10.4. The standard InChI is InChI=1S/C16H18O/c1-3-13-8-4-5-9-14(13)12(2)15-10-6-7-11-16(15)17/h4-12,17H,3H2,1-2H3. The van der Waals surface area contributed by atoms with Gasteiger partial charge in [0.25, 0.3) is 0 Å². The lowest BCUT2D eigenvalue weighted by Crippen LogP contribution is -2.00. The summed E-state index contributed by atoms with van der Waals surface area (Å²) in [5, 5.41) is 9.91. The van der Waals surface area contributed by atoms with Crippen molar-refractivity contribution in [3.05, 3.63) is 65.2 Å². The predicted octanol–water partition coefficient (Wildman–Crippen LogP) is 4.11. The molecule has 2 aromatic rings. The van der Waals surface area contributed by atoms with Gasteiger partial charge in [0.05, 0.1) is 0 Å². The molecule has 0 saturated carbocycles. The van der Waals surface area contributed by atoms with Crippen LogP contribution >= 0.6 is 0 Å². The van der Waals surface area contributed by atoms with Crippen LogP contribution in [0.3, 0.4) is 0 Å². The Morgan fingerprint density at radius 1 is 0.941 bits per heavy atom. The molecular weight excluding hydrogens is 208 g/mol. The Morgan fingerprint density at radius 3 is 2.18 bits per heavy atom. The highest BCUT2D eigenvalue weighted by molar-refractivity contribution is 5.43. The minimum Gasteiger partial charge on any atom is -0.508 e. The van der Waals surface area contributed by atoms with E-state index in [-0.39, 0.29) is 5.92 Å². The minimum atomic E-state index is 0.229. The van der Waals surface area contributed by atoms with Gasteiger partial charge in [0.2, 0.25) is 0 Å². The highest BCUT2D eigenvalue weighted by atomic mass is 16.3. The van der Waals surface area contributed by atoms with Gasteiger partial charge in [-0.2, -0.15) is 0 Å². The van der Waals surface area contributed by atoms with Gasteiger partial charge in [-0.1, -0.05) is 56.3 Å². The van der Waals surface area contributed by atoms with Gasteiger partial charge < -0.3 is 5.11 Å². The lowest BCUT2D eigenvalue weighted by Gasteiger charge is -2.17. The summed E-state index contributed by atoms with van der Waals surface area (Å²) in [6.45, 7) is 4.31. The average molecular weight is 226 g/mol. The van der Waals surface area contributed by atoms with E-state index in [1.54, 1.807) is 6.07 Å². The summed E-state index contributed by atoms with van der Waals surface area (Å²) in [7, 11) is 0. The number of benzene rings is 2. The van der Waals surface area contributed by atoms with Crippen molar-refractivity contribution in [1.82, 2.24) is 0 Å². The molecule has 0 radical (unpaired) electrons. The van der Waals surface area contributed by atoms with Crippen LogP contribution in [0.15, 0.2) is 48.5 Å². The summed E-state index contributed by atoms with van der Waals surface area (Å²) in [6.07, 6.45) is 1.02. The third-order valence-electron chi connectivity index (χ3n) is 3.31. The summed E-state index contributed by atoms with van der Waals surface area (Å²) < 4.78 is 0. The van der Waals surface area contributed by atoms with Gasteiger partial charge in [0.15, 0.2) is 0 Å². The van der Waals surface area contributed by atoms with Crippen LogP contribution in [0.1, 0.15) is 36.5 Å². The third kappa shape index (κ3) is 2.33. The number of phenolic OH excluding ortho intramolecular Hbond substituents is 1. The fourth-order valence-electron chi connectivity index (χ4n) is 2.30. The highest BCUT2D eigenvalue weighted by Gasteiger charge is 2.14. The van der Waals surface area contributed by atoms with Crippen LogP contribution in [-0.4, -0.2) is 5.11 Å². The van der Waals surface area contributed by atoms with Gasteiger partial charge in [-0.25, -0.2) is 0 Å². The summed E-state index contributed by atoms with van der Waals surface area (Å²) >= 11 is 0. The summed E-state index contributed by atoms with van der Waals surface area (Å²) in [5.74, 6) is 0.609. The monoisotopic (exact) mass is 226 g/mol. The molecule has 0 amide bonds. The molecule has 1 unspecified atom stereocenters. The molecule has 88 valence electrons. The van der Waals surface area contributed by atoms with E-state index in [1.807, 2.05) is 18.2 Å². The number of aryl methyl sites for hydroxylation is 1. The topological polar surface area (TPSA) is 20.2 Å². The fourth-order valence-corrected chi connectivity index (χ4v) is 2.30. The molecule has 1 N–H and O–H groups in total. The molecule has 0 aliphatic rings. The smallest absolute Gasteiger partial charge is 0.119 e. The third-order valence-corrected chi connectivity index (χ3v) is 3.31. The van der Waals surface area contributed by atoms with Gasteiger partial charge in [-0.05, 0) is 23.6 Å². The van der Waals surface area contributed by atoms with Crippen molar-refractivity contribution in [3.63, 3.8) is 0 Å². The second-order valence-electron chi connectivity index (χ2n) is 4.33. The molecule has 1 heteroatoms. The van der Waals surface area contributed by atoms with Crippen molar-refractivity contribution in [3.8, 4) is 5.75 Å². The first-order valence-electron chi connectivity index (χ1n) is 6.09. The van der Waals surface area contributed by atoms with E-state index in [9.17, 15) is 5.11 Å². The number of para-hydroxylation sites is 1. The van der Waals surface area contributed by atoms with Gasteiger partial charge in [0.1, 0.15) is 5.75 Å². The van der Waals surface area contributed by atoms with Gasteiger partial charge >= 0.3 is 0 Å². The van der Waals surface area contributed by atoms with E-state index in [0.717, 1.165) is 12.0 Å². The zero-order chi connectivity index (χ0) is 12.3. The molecule has 1 atom stereocenters. The van der Waals surface area contributed by atoms with Gasteiger partial charge in [-0.3, -0.25) is 0 Å². The van der Waals surface area contributed by atoms with E-state index in [2.05, 4.69) is 38.1 Å². The Morgan fingerprint density at radius 2 is 1.53 bits per heavy atom. The lowest BCUT2D eigenvalue weighted by molar-refractivity contribution is 0.466. The molecule has 0 aliphatic heterocycles. The molecule has 1 nitrogen and oxygen atoms in total. The summed E-state index contributed by atoms with van der Waals surface area (Å²) in [6, 6.07) is 16.0. The number of hydrogen-bond donors (Lipinski definition) is 1. The van der Waals surface area contributed by atoms with E-state index in [4.69, 9.17) is 0 Å². The summed E-state index contributed by atoms with van der Waals surface area (Å²) in [4.78, 5) is 0. The lowest BCUT2D eigenvalue weighted by atomic mass is 9.88. The van der Waals surface area contributed by atoms with E-state index in [1.165, 1.54) is 11.1 Å². The van der Waals surface area contributed by atoms with Crippen molar-refractivity contribution in [1.29, 1.82) is 0 Å². The van der Waals surface area contributed by atoms with Crippen molar-refractivity contribution in [2.75, 3.05) is 0 Å². The van der Waals surface area contributed by atoms with Crippen molar-refractivity contribution in [2.24, 2.45) is 0 Å². The Balaban J connectivity index is 2.44. The predicted molar refractivity (Wildman–Crippen MR) is 71.4 cm³/mol. The first kappa shape index (κ1) is 11.7. The normalized spacial score (nSPS) is 12.4. The Bertz CT molecular complexity index is 502. The first-order valence-corrected chi connectivity index (χ1v) is 6.09. The molecule has 0 bridgehead atoms. The second kappa shape index (κ2) is 5.05. The highest BCUT2D eigenvalue weighted by Crippen LogP contribution is 2.32. The zero-order valence-electron chi connectivity index (χ0n) is 10.4. The maximum Gasteiger partial charge on any atom is 0.119 e. The van der Waals surface area contributed by atoms with Gasteiger partial charge in [-0.15, -0.1) is 0 Å². The quantitative estimate of drug-likeness (QED) is 0.835. The molecule has 0 spiro atoms. The Labute approximate surface area is 103 Å². The van der Waals surface area contributed by atoms with Gasteiger partial charge in [0, 0.05) is 11.5 Å². The number of aromatic hydroxyl groups is 1. The van der Waals surface area contributed by atoms with Crippen LogP contribution in [0.2, 0.25) is 0 Å². The van der Waals surface area contributed by atoms with E-state index < -0.39 is 0 Å². The maximum absolute atomic E-state index is 9.91. The molecular formula is C16H18O. The largest absolute Gasteiger partial charge is 0.508 e. The molecule has 2 aromatic carbocycles. The molecule has 0 heterocycles.